The predicted octanol–water partition coefficient (Wildman–Crippen LogP) is -2.56. The Balaban J connectivity index is 1.77. The number of hydrogen-bond donors (Lipinski definition) is 16. The molecule has 3 fully saturated rings. The predicted molar refractivity (Wildman–Crippen MR) is 379 cm³/mol. The van der Waals surface area contributed by atoms with Crippen LogP contribution in [0.2, 0.25) is 0 Å². The van der Waals surface area contributed by atoms with Gasteiger partial charge in [-0.15, -0.1) is 0 Å². The molecule has 14 atom stereocenters. The Morgan fingerprint density at radius 2 is 0.752 bits per heavy atom. The summed E-state index contributed by atoms with van der Waals surface area (Å²) in [4.78, 5) is 233. The summed E-state index contributed by atoms with van der Waals surface area (Å²) in [7, 11) is 0. The minimum absolute atomic E-state index is 0.0147. The van der Waals surface area contributed by atoms with Gasteiger partial charge in [-0.1, -0.05) is 69.2 Å². The number of carbonyl (C=O) groups is 17. The summed E-state index contributed by atoms with van der Waals surface area (Å²) < 4.78 is 0. The maximum absolute atomic E-state index is 14.7. The molecule has 0 radical (unpaired) electrons. The zero-order valence-corrected chi connectivity index (χ0v) is 62.7. The Kier molecular flexibility index (Phi) is 37.2. The van der Waals surface area contributed by atoms with E-state index in [-0.39, 0.29) is 88.2 Å². The highest BCUT2D eigenvalue weighted by Gasteiger charge is 2.45. The van der Waals surface area contributed by atoms with Crippen LogP contribution in [0.4, 0.5) is 0 Å². The van der Waals surface area contributed by atoms with Crippen molar-refractivity contribution in [1.29, 1.82) is 0 Å². The molecule has 0 aliphatic carbocycles. The smallest absolute Gasteiger partial charge is 0.326 e. The number of nitrogens with zero attached hydrogens (tertiary/aromatic N) is 3. The lowest BCUT2D eigenvalue weighted by Crippen LogP contribution is -2.61. The monoisotopic (exact) mass is 1490 g/mol. The van der Waals surface area contributed by atoms with Crippen molar-refractivity contribution in [2.45, 2.75) is 277 Å². The maximum Gasteiger partial charge on any atom is 0.326 e. The van der Waals surface area contributed by atoms with Crippen molar-refractivity contribution < 1.29 is 96.8 Å². The highest BCUT2D eigenvalue weighted by Crippen LogP contribution is 2.26. The van der Waals surface area contributed by atoms with Gasteiger partial charge in [-0.05, 0) is 140 Å². The van der Waals surface area contributed by atoms with Gasteiger partial charge in [0, 0.05) is 38.9 Å². The molecule has 19 N–H and O–H groups in total. The third-order valence-electron chi connectivity index (χ3n) is 18.6. The lowest BCUT2D eigenvalue weighted by Gasteiger charge is -2.33. The molecule has 0 aromatic carbocycles. The van der Waals surface area contributed by atoms with Crippen LogP contribution >= 0.6 is 0 Å². The van der Waals surface area contributed by atoms with Gasteiger partial charge >= 0.3 is 17.9 Å². The Morgan fingerprint density at radius 1 is 0.381 bits per heavy atom. The molecular weight excluding hydrogens is 1370 g/mol. The number of carboxylic acids is 3. The molecule has 0 saturated carbocycles. The van der Waals surface area contributed by atoms with Gasteiger partial charge in [0.25, 0.3) is 0 Å². The van der Waals surface area contributed by atoms with E-state index in [1.807, 2.05) is 13.8 Å². The third kappa shape index (κ3) is 28.7. The van der Waals surface area contributed by atoms with E-state index >= 15 is 0 Å². The molecule has 0 unspecified atom stereocenters. The Hall–Kier alpha value is -9.09. The average Bonchev–Trinajstić information content (AvgIpc) is 1.62. The van der Waals surface area contributed by atoms with Gasteiger partial charge in [-0.25, -0.2) is 4.79 Å². The molecule has 36 heteroatoms. The van der Waals surface area contributed by atoms with Gasteiger partial charge < -0.3 is 100 Å². The van der Waals surface area contributed by atoms with Crippen LogP contribution in [0.15, 0.2) is 0 Å². The van der Waals surface area contributed by atoms with Crippen molar-refractivity contribution in [3.8, 4) is 0 Å². The lowest BCUT2D eigenvalue weighted by molar-refractivity contribution is -0.145. The molecule has 0 aromatic heterocycles. The number of carboxylic acid groups (broad SMARTS) is 3. The largest absolute Gasteiger partial charge is 0.481 e. The van der Waals surface area contributed by atoms with Crippen molar-refractivity contribution >= 4 is 101 Å². The van der Waals surface area contributed by atoms with E-state index in [0.29, 0.717) is 32.2 Å². The molecular formula is C69H116N16O20. The number of rotatable bonds is 44. The second-order valence-electron chi connectivity index (χ2n) is 29.4. The van der Waals surface area contributed by atoms with Crippen LogP contribution in [-0.4, -0.2) is 241 Å². The van der Waals surface area contributed by atoms with Crippen molar-refractivity contribution in [2.24, 2.45) is 46.8 Å². The lowest BCUT2D eigenvalue weighted by atomic mass is 9.98. The zero-order chi connectivity index (χ0) is 79.4. The van der Waals surface area contributed by atoms with E-state index in [9.17, 15) is 91.7 Å². The van der Waals surface area contributed by atoms with E-state index in [2.05, 4.69) is 53.2 Å². The van der Waals surface area contributed by atoms with E-state index < -0.39 is 230 Å². The number of unbranched alkanes of at least 4 members (excludes halogenated alkanes) is 1. The highest BCUT2D eigenvalue weighted by molar-refractivity contribution is 6.00. The minimum atomic E-state index is -1.69. The van der Waals surface area contributed by atoms with E-state index in [4.69, 9.17) is 22.3 Å². The molecule has 3 aliphatic heterocycles. The van der Waals surface area contributed by atoms with Crippen LogP contribution in [0.1, 0.15) is 192 Å². The maximum atomic E-state index is 14.7. The van der Waals surface area contributed by atoms with E-state index in [0.717, 1.165) is 0 Å². The van der Waals surface area contributed by atoms with Gasteiger partial charge in [-0.2, -0.15) is 0 Å². The Morgan fingerprint density at radius 3 is 1.18 bits per heavy atom. The second-order valence-corrected chi connectivity index (χ2v) is 29.4. The normalized spacial score (nSPS) is 19.0. The van der Waals surface area contributed by atoms with Gasteiger partial charge in [0.05, 0.1) is 6.04 Å². The number of amides is 14. The summed E-state index contributed by atoms with van der Waals surface area (Å²) in [5.74, 6) is -17.0. The molecule has 14 amide bonds. The first-order valence-corrected chi connectivity index (χ1v) is 36.5. The molecule has 592 valence electrons. The SMILES string of the molecule is CC(C)C[C@H](NC(=O)[C@@H]1CCCN1C(=O)[C@@H](N)C(C)C)C(=O)N[C@@H](C)C(=O)N[C@@H](C)C(=O)N[C@@H](CCC(=O)O)C(=O)N1CCC[C@H]1C(=O)N[C@H](C(=O)N1CCC[C@H]1C(=O)N[C@@H](CC(C)C)C(=O)N[C@H](C(=O)N[C@@H](CCCCN)C(=O)N[C@@H](CCC(N)=O)C(=O)N[C@@H](CCC(=O)O)C(=O)O)C(C)C)C(C)C. The van der Waals surface area contributed by atoms with Crippen LogP contribution in [0.3, 0.4) is 0 Å². The summed E-state index contributed by atoms with van der Waals surface area (Å²) >= 11 is 0. The standard InChI is InChI=1S/C69H116N16O20/c1-34(2)32-45(79-62(97)47-19-16-30-84(47)67(102)53(72)36(5)6)60(95)74-39(11)56(91)73-40(12)57(92)77-43(23-26-51(87)88)66(101)83-29-15-21-49(83)64(99)82-55(38(9)10)68(103)85-31-17-20-48(85)63(98)80-46(33-35(3)4)61(96)81-54(37(7)8)65(100)76-41(18-13-14-28-70)58(93)75-42(22-25-50(71)86)59(94)78-44(69(104)105)24-27-52(89)90/h34-49,53-55H,13-33,70,72H2,1-12H3,(H2,71,86)(H,73,91)(H,74,95)(H,75,93)(H,76,100)(H,77,92)(H,78,94)(H,79,97)(H,80,98)(H,81,96)(H,82,99)(H,87,88)(H,89,90)(H,104,105)/t39-,40-,41-,42-,43-,44-,45-,46-,47-,48-,49-,53-,54-,55-/m0/s1. The summed E-state index contributed by atoms with van der Waals surface area (Å²) in [6.07, 6.45) is -0.512. The number of nitrogens with two attached hydrogens (primary N) is 3. The van der Waals surface area contributed by atoms with Gasteiger partial charge in [-0.3, -0.25) is 76.7 Å². The van der Waals surface area contributed by atoms with Crippen molar-refractivity contribution in [1.82, 2.24) is 67.9 Å². The van der Waals surface area contributed by atoms with Gasteiger partial charge in [0.15, 0.2) is 0 Å². The fraction of sp³-hybridized carbons (Fsp3) is 0.754. The molecule has 3 saturated heterocycles. The average molecular weight is 1490 g/mol. The molecule has 3 heterocycles. The summed E-state index contributed by atoms with van der Waals surface area (Å²) in [6, 6.07) is -18.0. The van der Waals surface area contributed by atoms with Crippen LogP contribution < -0.4 is 70.4 Å². The summed E-state index contributed by atoms with van der Waals surface area (Å²) in [6.45, 7) is 20.5. The van der Waals surface area contributed by atoms with Crippen molar-refractivity contribution in [2.75, 3.05) is 26.2 Å². The summed E-state index contributed by atoms with van der Waals surface area (Å²) in [5, 5.41) is 54.3. The quantitative estimate of drug-likeness (QED) is 0.0279. The van der Waals surface area contributed by atoms with E-state index in [1.165, 1.54) is 28.5 Å². The second kappa shape index (κ2) is 43.4. The topological polar surface area (TPSA) is 559 Å². The molecule has 3 rings (SSSR count). The number of nitrogens with one attached hydrogen (secondary N) is 10. The first kappa shape index (κ1) is 90.1. The molecule has 3 aliphatic rings. The van der Waals surface area contributed by atoms with Gasteiger partial charge in [0.2, 0.25) is 82.7 Å². The Bertz CT molecular complexity index is 3090. The molecule has 36 nitrogen and oxygen atoms in total. The van der Waals surface area contributed by atoms with Crippen molar-refractivity contribution in [3.05, 3.63) is 0 Å². The number of carbonyl (C=O) groups excluding carboxylic acids is 14. The Labute approximate surface area is 612 Å². The number of aliphatic carboxylic acids is 3. The zero-order valence-electron chi connectivity index (χ0n) is 62.7. The van der Waals surface area contributed by atoms with Gasteiger partial charge in [0.1, 0.15) is 78.5 Å². The third-order valence-corrected chi connectivity index (χ3v) is 18.6. The van der Waals surface area contributed by atoms with Crippen molar-refractivity contribution in [3.63, 3.8) is 0 Å². The van der Waals surface area contributed by atoms with Crippen LogP contribution in [0.5, 0.6) is 0 Å². The highest BCUT2D eigenvalue weighted by atomic mass is 16.4. The molecule has 105 heavy (non-hydrogen) atoms. The molecule has 0 aromatic rings. The number of hydrogen-bond acceptors (Lipinski definition) is 19. The van der Waals surface area contributed by atoms with Crippen LogP contribution in [0, 0.1) is 29.6 Å². The number of primary amides is 1. The van der Waals surface area contributed by atoms with E-state index in [1.54, 1.807) is 55.4 Å². The van der Waals surface area contributed by atoms with Crippen LogP contribution in [0.25, 0.3) is 0 Å². The first-order valence-electron chi connectivity index (χ1n) is 36.5. The summed E-state index contributed by atoms with van der Waals surface area (Å²) in [5.41, 5.74) is 17.2. The first-order chi connectivity index (χ1) is 49.1. The molecule has 0 bridgehead atoms. The fourth-order valence-electron chi connectivity index (χ4n) is 12.5. The minimum Gasteiger partial charge on any atom is -0.481 e. The fourth-order valence-corrected chi connectivity index (χ4v) is 12.5. The molecule has 0 spiro atoms. The van der Waals surface area contributed by atoms with Crippen LogP contribution in [-0.2, 0) is 81.5 Å². The number of likely N-dealkylation sites (tertiary alicyclic amines) is 3.